The van der Waals surface area contributed by atoms with Crippen LogP contribution in [0.25, 0.3) is 0 Å². The SMILES string of the molecule is CCOC(=O)C1C(C)C(C(=O)NCc2ccc(F)cc2)N(C(=O)c2ccc(C)cc2)C1c1ccccc1. The van der Waals surface area contributed by atoms with E-state index in [0.29, 0.717) is 5.56 Å². The molecule has 3 aromatic rings. The van der Waals surface area contributed by atoms with Gasteiger partial charge in [0.1, 0.15) is 11.9 Å². The highest BCUT2D eigenvalue weighted by Gasteiger charge is 2.55. The van der Waals surface area contributed by atoms with Crippen molar-refractivity contribution in [3.63, 3.8) is 0 Å². The lowest BCUT2D eigenvalue weighted by Crippen LogP contribution is -2.48. The van der Waals surface area contributed by atoms with E-state index < -0.39 is 29.9 Å². The van der Waals surface area contributed by atoms with Crippen molar-refractivity contribution in [1.82, 2.24) is 10.2 Å². The summed E-state index contributed by atoms with van der Waals surface area (Å²) in [5.74, 6) is -2.79. The van der Waals surface area contributed by atoms with Crippen LogP contribution in [-0.2, 0) is 20.9 Å². The van der Waals surface area contributed by atoms with Crippen molar-refractivity contribution in [3.8, 4) is 0 Å². The molecule has 1 saturated heterocycles. The third kappa shape index (κ3) is 5.56. The van der Waals surface area contributed by atoms with Gasteiger partial charge in [-0.15, -0.1) is 0 Å². The number of hydrogen-bond acceptors (Lipinski definition) is 4. The van der Waals surface area contributed by atoms with Gasteiger partial charge in [-0.3, -0.25) is 14.4 Å². The van der Waals surface area contributed by atoms with Gasteiger partial charge in [-0.2, -0.15) is 0 Å². The number of nitrogens with zero attached hydrogens (tertiary/aromatic N) is 1. The Morgan fingerprint density at radius 1 is 0.946 bits per heavy atom. The van der Waals surface area contributed by atoms with Crippen LogP contribution in [0.3, 0.4) is 0 Å². The van der Waals surface area contributed by atoms with Crippen LogP contribution in [-0.4, -0.2) is 35.3 Å². The van der Waals surface area contributed by atoms with Crippen LogP contribution in [0, 0.1) is 24.6 Å². The summed E-state index contributed by atoms with van der Waals surface area (Å²) in [6.45, 7) is 5.83. The molecule has 1 aliphatic heterocycles. The van der Waals surface area contributed by atoms with Gasteiger partial charge >= 0.3 is 5.97 Å². The Bertz CT molecular complexity index is 1240. The number of likely N-dealkylation sites (tertiary alicyclic amines) is 1. The smallest absolute Gasteiger partial charge is 0.311 e. The van der Waals surface area contributed by atoms with Crippen LogP contribution < -0.4 is 5.32 Å². The Kier molecular flexibility index (Phi) is 8.01. The first-order chi connectivity index (χ1) is 17.8. The topological polar surface area (TPSA) is 75.7 Å². The summed E-state index contributed by atoms with van der Waals surface area (Å²) >= 11 is 0. The molecular weight excluding hydrogens is 471 g/mol. The van der Waals surface area contributed by atoms with Crippen LogP contribution in [0.5, 0.6) is 0 Å². The number of ether oxygens (including phenoxy) is 1. The van der Waals surface area contributed by atoms with Crippen molar-refractivity contribution in [2.24, 2.45) is 11.8 Å². The molecule has 37 heavy (non-hydrogen) atoms. The second-order valence-corrected chi connectivity index (χ2v) is 9.36. The van der Waals surface area contributed by atoms with E-state index in [1.807, 2.05) is 56.3 Å². The molecule has 1 fully saturated rings. The summed E-state index contributed by atoms with van der Waals surface area (Å²) in [5, 5.41) is 2.89. The van der Waals surface area contributed by atoms with Crippen LogP contribution >= 0.6 is 0 Å². The normalized spacial score (nSPS) is 20.9. The summed E-state index contributed by atoms with van der Waals surface area (Å²) in [6, 6.07) is 20.7. The Morgan fingerprint density at radius 2 is 1.59 bits per heavy atom. The highest BCUT2D eigenvalue weighted by atomic mass is 19.1. The molecule has 1 aliphatic rings. The Labute approximate surface area is 216 Å². The van der Waals surface area contributed by atoms with Gasteiger partial charge in [0.25, 0.3) is 5.91 Å². The molecule has 3 aromatic carbocycles. The van der Waals surface area contributed by atoms with Crippen LogP contribution in [0.4, 0.5) is 4.39 Å². The zero-order chi connectivity index (χ0) is 26.5. The highest BCUT2D eigenvalue weighted by Crippen LogP contribution is 2.46. The summed E-state index contributed by atoms with van der Waals surface area (Å²) in [5.41, 5.74) is 2.91. The number of nitrogens with one attached hydrogen (secondary N) is 1. The fourth-order valence-electron chi connectivity index (χ4n) is 5.04. The van der Waals surface area contributed by atoms with E-state index >= 15 is 0 Å². The average molecular weight is 503 g/mol. The van der Waals surface area contributed by atoms with Gasteiger partial charge in [0.2, 0.25) is 5.91 Å². The van der Waals surface area contributed by atoms with E-state index in [2.05, 4.69) is 5.32 Å². The zero-order valence-corrected chi connectivity index (χ0v) is 21.2. The maximum Gasteiger partial charge on any atom is 0.311 e. The molecule has 4 unspecified atom stereocenters. The Balaban J connectivity index is 1.75. The van der Waals surface area contributed by atoms with E-state index in [-0.39, 0.29) is 30.8 Å². The van der Waals surface area contributed by atoms with Gasteiger partial charge in [-0.25, -0.2) is 4.39 Å². The molecule has 1 N–H and O–H groups in total. The predicted molar refractivity (Wildman–Crippen MR) is 138 cm³/mol. The highest BCUT2D eigenvalue weighted by molar-refractivity contribution is 5.99. The van der Waals surface area contributed by atoms with Crippen LogP contribution in [0.2, 0.25) is 0 Å². The second kappa shape index (κ2) is 11.4. The average Bonchev–Trinajstić information content (AvgIpc) is 3.21. The molecule has 0 saturated carbocycles. The monoisotopic (exact) mass is 502 g/mol. The molecule has 7 heteroatoms. The summed E-state index contributed by atoms with van der Waals surface area (Å²) < 4.78 is 18.7. The lowest BCUT2D eigenvalue weighted by Gasteiger charge is -2.31. The van der Waals surface area contributed by atoms with E-state index in [1.165, 1.54) is 17.0 Å². The van der Waals surface area contributed by atoms with E-state index in [4.69, 9.17) is 4.74 Å². The van der Waals surface area contributed by atoms with E-state index in [1.54, 1.807) is 31.2 Å². The summed E-state index contributed by atoms with van der Waals surface area (Å²) in [6.07, 6.45) is 0. The maximum atomic E-state index is 14.0. The van der Waals surface area contributed by atoms with Crippen molar-refractivity contribution in [2.45, 2.75) is 39.4 Å². The number of hydrogen-bond donors (Lipinski definition) is 1. The molecule has 4 atom stereocenters. The molecule has 0 aromatic heterocycles. The van der Waals surface area contributed by atoms with Gasteiger partial charge in [-0.1, -0.05) is 67.1 Å². The number of rotatable bonds is 7. The Hall–Kier alpha value is -4.00. The predicted octanol–water partition coefficient (Wildman–Crippen LogP) is 4.83. The molecule has 1 heterocycles. The standard InChI is InChI=1S/C30H31FN2O4/c1-4-37-30(36)25-20(3)26(28(34)32-18-21-12-16-24(31)17-13-21)33(27(25)22-8-6-5-7-9-22)29(35)23-14-10-19(2)11-15-23/h5-17,20,25-27H,4,18H2,1-3H3,(H,32,34). The Morgan fingerprint density at radius 3 is 2.22 bits per heavy atom. The first-order valence-electron chi connectivity index (χ1n) is 12.4. The number of benzene rings is 3. The molecule has 4 rings (SSSR count). The quantitative estimate of drug-likeness (QED) is 0.470. The minimum atomic E-state index is -0.922. The van der Waals surface area contributed by atoms with Crippen molar-refractivity contribution in [1.29, 1.82) is 0 Å². The zero-order valence-electron chi connectivity index (χ0n) is 21.2. The van der Waals surface area contributed by atoms with Crippen molar-refractivity contribution in [3.05, 3.63) is 107 Å². The van der Waals surface area contributed by atoms with Crippen LogP contribution in [0.1, 0.15) is 46.9 Å². The van der Waals surface area contributed by atoms with Crippen LogP contribution in [0.15, 0.2) is 78.9 Å². The maximum absolute atomic E-state index is 14.0. The van der Waals surface area contributed by atoms with Crippen molar-refractivity contribution < 1.29 is 23.5 Å². The lowest BCUT2D eigenvalue weighted by atomic mass is 9.85. The number of halogens is 1. The van der Waals surface area contributed by atoms with Gasteiger partial charge in [0.05, 0.1) is 18.6 Å². The fourth-order valence-corrected chi connectivity index (χ4v) is 5.04. The number of aryl methyl sites for hydroxylation is 1. The largest absolute Gasteiger partial charge is 0.466 e. The molecule has 0 spiro atoms. The molecule has 192 valence electrons. The number of amides is 2. The van der Waals surface area contributed by atoms with E-state index in [0.717, 1.165) is 16.7 Å². The lowest BCUT2D eigenvalue weighted by molar-refractivity contribution is -0.150. The summed E-state index contributed by atoms with van der Waals surface area (Å²) in [7, 11) is 0. The molecular formula is C30H31FN2O4. The molecule has 0 aliphatic carbocycles. The van der Waals surface area contributed by atoms with Crippen molar-refractivity contribution >= 4 is 17.8 Å². The molecule has 0 radical (unpaired) electrons. The van der Waals surface area contributed by atoms with E-state index in [9.17, 15) is 18.8 Å². The summed E-state index contributed by atoms with van der Waals surface area (Å²) in [4.78, 5) is 42.4. The van der Waals surface area contributed by atoms with Gasteiger partial charge in [0, 0.05) is 18.0 Å². The minimum Gasteiger partial charge on any atom is -0.466 e. The van der Waals surface area contributed by atoms with Gasteiger partial charge < -0.3 is 15.0 Å². The second-order valence-electron chi connectivity index (χ2n) is 9.36. The first-order valence-corrected chi connectivity index (χ1v) is 12.4. The molecule has 6 nitrogen and oxygen atoms in total. The van der Waals surface area contributed by atoms with Gasteiger partial charge in [0.15, 0.2) is 0 Å². The van der Waals surface area contributed by atoms with Gasteiger partial charge in [-0.05, 0) is 49.2 Å². The molecule has 0 bridgehead atoms. The minimum absolute atomic E-state index is 0.162. The fraction of sp³-hybridized carbons (Fsp3) is 0.300. The number of carbonyl (C=O) groups is 3. The first kappa shape index (κ1) is 26.1. The number of carbonyl (C=O) groups excluding carboxylic acids is 3. The third-order valence-corrected chi connectivity index (χ3v) is 6.89. The third-order valence-electron chi connectivity index (χ3n) is 6.89. The number of esters is 1. The molecule has 2 amide bonds. The van der Waals surface area contributed by atoms with Crippen molar-refractivity contribution in [2.75, 3.05) is 6.61 Å².